The summed E-state index contributed by atoms with van der Waals surface area (Å²) in [4.78, 5) is 20.8. The molecule has 120 valence electrons. The van der Waals surface area contributed by atoms with Gasteiger partial charge >= 0.3 is 0 Å². The Hall–Kier alpha value is -2.47. The molecule has 1 aliphatic heterocycles. The Morgan fingerprint density at radius 1 is 1.29 bits per heavy atom. The minimum atomic E-state index is 0.00479. The van der Waals surface area contributed by atoms with Crippen LogP contribution in [0.3, 0.4) is 0 Å². The van der Waals surface area contributed by atoms with Crippen molar-refractivity contribution >= 4 is 22.9 Å². The number of fused-ring (bicyclic) bond motifs is 2. The number of aromatic nitrogens is 3. The highest BCUT2D eigenvalue weighted by molar-refractivity contribution is 7.13. The second-order valence-corrected chi connectivity index (χ2v) is 7.48. The molecular weight excluding hydrogens is 320 g/mol. The van der Waals surface area contributed by atoms with Gasteiger partial charge in [-0.05, 0) is 36.4 Å². The summed E-state index contributed by atoms with van der Waals surface area (Å²) in [6, 6.07) is 7.90. The van der Waals surface area contributed by atoms with E-state index in [4.69, 9.17) is 0 Å². The zero-order valence-electron chi connectivity index (χ0n) is 13.0. The first kappa shape index (κ1) is 13.9. The van der Waals surface area contributed by atoms with Gasteiger partial charge in [-0.15, -0.1) is 11.3 Å². The molecule has 1 spiro atoms. The summed E-state index contributed by atoms with van der Waals surface area (Å²) in [7, 11) is 0. The molecule has 3 aromatic rings. The van der Waals surface area contributed by atoms with Crippen molar-refractivity contribution < 1.29 is 4.79 Å². The molecule has 1 N–H and O–H groups in total. The zero-order valence-corrected chi connectivity index (χ0v) is 13.8. The van der Waals surface area contributed by atoms with Crippen molar-refractivity contribution in [3.63, 3.8) is 0 Å². The van der Waals surface area contributed by atoms with E-state index in [1.54, 1.807) is 17.5 Å². The summed E-state index contributed by atoms with van der Waals surface area (Å²) in [6.07, 6.45) is 6.92. The third-order valence-corrected chi connectivity index (χ3v) is 6.12. The van der Waals surface area contributed by atoms with Crippen molar-refractivity contribution in [2.75, 3.05) is 11.4 Å². The van der Waals surface area contributed by atoms with Crippen LogP contribution in [0.25, 0.3) is 10.6 Å². The van der Waals surface area contributed by atoms with E-state index in [9.17, 15) is 4.79 Å². The van der Waals surface area contributed by atoms with Crippen LogP contribution in [-0.2, 0) is 5.41 Å². The maximum absolute atomic E-state index is 13.3. The Kier molecular flexibility index (Phi) is 2.91. The maximum atomic E-state index is 13.3. The molecule has 1 amide bonds. The highest BCUT2D eigenvalue weighted by Crippen LogP contribution is 2.51. The summed E-state index contributed by atoms with van der Waals surface area (Å²) in [5.74, 6) is 0.00479. The molecule has 0 atom stereocenters. The number of nitrogens with one attached hydrogen (secondary N) is 1. The summed E-state index contributed by atoms with van der Waals surface area (Å²) < 4.78 is 0. The Bertz CT molecular complexity index is 911. The van der Waals surface area contributed by atoms with Crippen molar-refractivity contribution in [1.82, 2.24) is 15.2 Å². The minimum Gasteiger partial charge on any atom is -0.305 e. The molecule has 6 heteroatoms. The predicted octanol–water partition coefficient (Wildman–Crippen LogP) is 3.62. The highest BCUT2D eigenvalue weighted by Gasteiger charge is 2.50. The summed E-state index contributed by atoms with van der Waals surface area (Å²) in [6.45, 7) is 0.729. The second-order valence-electron chi connectivity index (χ2n) is 6.53. The van der Waals surface area contributed by atoms with Crippen LogP contribution >= 0.6 is 11.3 Å². The van der Waals surface area contributed by atoms with Crippen LogP contribution in [0.2, 0.25) is 0 Å². The molecule has 3 aromatic heterocycles. The van der Waals surface area contributed by atoms with E-state index in [2.05, 4.69) is 15.2 Å². The van der Waals surface area contributed by atoms with Crippen molar-refractivity contribution in [2.24, 2.45) is 0 Å². The number of rotatable bonds is 2. The van der Waals surface area contributed by atoms with Crippen molar-refractivity contribution in [2.45, 2.75) is 24.7 Å². The maximum Gasteiger partial charge on any atom is 0.262 e. The van der Waals surface area contributed by atoms with Crippen molar-refractivity contribution in [3.8, 4) is 10.6 Å². The van der Waals surface area contributed by atoms with Gasteiger partial charge in [0, 0.05) is 18.2 Å². The first-order chi connectivity index (χ1) is 11.8. The topological polar surface area (TPSA) is 61.9 Å². The second kappa shape index (κ2) is 5.01. The Morgan fingerprint density at radius 2 is 2.21 bits per heavy atom. The molecule has 1 aliphatic carbocycles. The zero-order chi connectivity index (χ0) is 16.1. The average molecular weight is 336 g/mol. The largest absolute Gasteiger partial charge is 0.305 e. The number of hydrogen-bond donors (Lipinski definition) is 1. The van der Waals surface area contributed by atoms with Gasteiger partial charge in [0.05, 0.1) is 33.7 Å². The third-order valence-electron chi connectivity index (χ3n) is 5.23. The van der Waals surface area contributed by atoms with Gasteiger partial charge in [0.15, 0.2) is 0 Å². The van der Waals surface area contributed by atoms with Crippen molar-refractivity contribution in [1.29, 1.82) is 0 Å². The van der Waals surface area contributed by atoms with E-state index in [1.165, 1.54) is 6.42 Å². The molecular formula is C18H16N4OS. The molecule has 0 radical (unpaired) electrons. The standard InChI is InChI=1S/C18H16N4OS/c23-17(12-10-20-21-15(12)14-5-2-9-24-14)22-11-18(6-3-7-18)16-13(22)4-1-8-19-16/h1-2,4-5,8-10H,3,6-7,11H2,(H,20,21). The van der Waals surface area contributed by atoms with E-state index < -0.39 is 0 Å². The fourth-order valence-corrected chi connectivity index (χ4v) is 4.60. The van der Waals surface area contributed by atoms with E-state index in [1.807, 2.05) is 40.7 Å². The molecule has 4 heterocycles. The molecule has 1 saturated carbocycles. The summed E-state index contributed by atoms with van der Waals surface area (Å²) in [5, 5.41) is 9.10. The summed E-state index contributed by atoms with van der Waals surface area (Å²) in [5.41, 5.74) is 3.55. The number of thiophene rings is 1. The molecule has 0 saturated heterocycles. The average Bonchev–Trinajstić information content (AvgIpc) is 3.30. The number of H-pyrrole nitrogens is 1. The lowest BCUT2D eigenvalue weighted by Gasteiger charge is -2.37. The molecule has 0 aromatic carbocycles. The monoisotopic (exact) mass is 336 g/mol. The van der Waals surface area contributed by atoms with Gasteiger partial charge in [-0.1, -0.05) is 12.5 Å². The Morgan fingerprint density at radius 3 is 2.96 bits per heavy atom. The van der Waals surface area contributed by atoms with Crippen LogP contribution < -0.4 is 4.90 Å². The van der Waals surface area contributed by atoms with Crippen molar-refractivity contribution in [3.05, 3.63) is 53.3 Å². The lowest BCUT2D eigenvalue weighted by Crippen LogP contribution is -2.41. The normalized spacial score (nSPS) is 17.8. The summed E-state index contributed by atoms with van der Waals surface area (Å²) >= 11 is 1.60. The van der Waals surface area contributed by atoms with E-state index in [-0.39, 0.29) is 11.3 Å². The minimum absolute atomic E-state index is 0.00479. The third kappa shape index (κ3) is 1.83. The number of anilines is 1. The van der Waals surface area contributed by atoms with Crippen LogP contribution in [-0.4, -0.2) is 27.6 Å². The molecule has 1 fully saturated rings. The fourth-order valence-electron chi connectivity index (χ4n) is 3.87. The highest BCUT2D eigenvalue weighted by atomic mass is 32.1. The van der Waals surface area contributed by atoms with E-state index >= 15 is 0 Å². The number of nitrogens with zero attached hydrogens (tertiary/aromatic N) is 3. The predicted molar refractivity (Wildman–Crippen MR) is 93.3 cm³/mol. The van der Waals surface area contributed by atoms with Gasteiger partial charge in [0.25, 0.3) is 5.91 Å². The number of carbonyl (C=O) groups is 1. The van der Waals surface area contributed by atoms with Gasteiger partial charge in [-0.2, -0.15) is 5.10 Å². The van der Waals surface area contributed by atoms with Gasteiger partial charge in [-0.3, -0.25) is 14.9 Å². The fraction of sp³-hybridized carbons (Fsp3) is 0.278. The molecule has 24 heavy (non-hydrogen) atoms. The lowest BCUT2D eigenvalue weighted by molar-refractivity contribution is 0.0979. The quantitative estimate of drug-likeness (QED) is 0.777. The van der Waals surface area contributed by atoms with Gasteiger partial charge < -0.3 is 4.90 Å². The number of amides is 1. The molecule has 5 nitrogen and oxygen atoms in total. The molecule has 0 unspecified atom stereocenters. The van der Waals surface area contributed by atoms with Crippen LogP contribution in [0.4, 0.5) is 5.69 Å². The van der Waals surface area contributed by atoms with Gasteiger partial charge in [0.2, 0.25) is 0 Å². The smallest absolute Gasteiger partial charge is 0.262 e. The van der Waals surface area contributed by atoms with Crippen LogP contribution in [0, 0.1) is 0 Å². The SMILES string of the molecule is O=C(c1cn[nH]c1-c1cccs1)N1CC2(CCC2)c2ncccc21. The molecule has 0 bridgehead atoms. The van der Waals surface area contributed by atoms with E-state index in [0.717, 1.165) is 41.3 Å². The Labute approximate surface area is 143 Å². The Balaban J connectivity index is 1.57. The van der Waals surface area contributed by atoms with Crippen LogP contribution in [0.15, 0.2) is 42.0 Å². The van der Waals surface area contributed by atoms with E-state index in [0.29, 0.717) is 5.56 Å². The van der Waals surface area contributed by atoms with Crippen LogP contribution in [0.1, 0.15) is 35.3 Å². The number of carbonyl (C=O) groups excluding carboxylic acids is 1. The van der Waals surface area contributed by atoms with Gasteiger partial charge in [-0.25, -0.2) is 0 Å². The van der Waals surface area contributed by atoms with Gasteiger partial charge in [0.1, 0.15) is 0 Å². The first-order valence-electron chi connectivity index (χ1n) is 8.13. The first-order valence-corrected chi connectivity index (χ1v) is 9.01. The number of aromatic amines is 1. The number of hydrogen-bond acceptors (Lipinski definition) is 4. The lowest BCUT2D eigenvalue weighted by atomic mass is 9.67. The van der Waals surface area contributed by atoms with Crippen LogP contribution in [0.5, 0.6) is 0 Å². The number of pyridine rings is 1. The molecule has 5 rings (SSSR count). The molecule has 2 aliphatic rings.